The van der Waals surface area contributed by atoms with Crippen molar-refractivity contribution in [1.82, 2.24) is 9.80 Å². The molecule has 3 aliphatic rings. The molecule has 6 nitrogen and oxygen atoms in total. The van der Waals surface area contributed by atoms with E-state index in [9.17, 15) is 13.6 Å². The smallest absolute Gasteiger partial charge is 0.311 e. The van der Waals surface area contributed by atoms with Gasteiger partial charge in [-0.05, 0) is 113 Å². The number of benzene rings is 2. The third-order valence-corrected chi connectivity index (χ3v) is 8.65. The first kappa shape index (κ1) is 30.6. The van der Waals surface area contributed by atoms with Crippen molar-refractivity contribution < 1.29 is 27.8 Å². The van der Waals surface area contributed by atoms with Crippen molar-refractivity contribution >= 4 is 11.5 Å². The average molecular weight is 583 g/mol. The van der Waals surface area contributed by atoms with Crippen LogP contribution in [0.15, 0.2) is 35.9 Å². The third-order valence-electron chi connectivity index (χ3n) is 8.65. The molecule has 0 bridgehead atoms. The van der Waals surface area contributed by atoms with Gasteiger partial charge in [0.2, 0.25) is 0 Å². The Balaban J connectivity index is 1.28. The summed E-state index contributed by atoms with van der Waals surface area (Å²) in [7, 11) is 2.12. The van der Waals surface area contributed by atoms with Gasteiger partial charge in [0.15, 0.2) is 11.6 Å². The predicted octanol–water partition coefficient (Wildman–Crippen LogP) is 6.20. The van der Waals surface area contributed by atoms with Crippen molar-refractivity contribution in [3.8, 4) is 11.5 Å². The van der Waals surface area contributed by atoms with Crippen molar-refractivity contribution in [2.75, 3.05) is 53.0 Å². The second-order valence-electron chi connectivity index (χ2n) is 12.4. The van der Waals surface area contributed by atoms with Gasteiger partial charge in [-0.1, -0.05) is 12.5 Å². The molecule has 0 saturated carbocycles. The summed E-state index contributed by atoms with van der Waals surface area (Å²) >= 11 is 0. The number of esters is 1. The fourth-order valence-electron chi connectivity index (χ4n) is 6.35. The number of fused-ring (bicyclic) bond motifs is 2. The Morgan fingerprint density at radius 1 is 0.952 bits per heavy atom. The Bertz CT molecular complexity index is 1300. The molecule has 2 aromatic carbocycles. The van der Waals surface area contributed by atoms with Crippen LogP contribution in [0.4, 0.5) is 8.78 Å². The lowest BCUT2D eigenvalue weighted by atomic mass is 9.81. The first-order chi connectivity index (χ1) is 20.2. The van der Waals surface area contributed by atoms with E-state index in [0.717, 1.165) is 107 Å². The molecule has 3 aliphatic heterocycles. The predicted molar refractivity (Wildman–Crippen MR) is 160 cm³/mol. The van der Waals surface area contributed by atoms with Gasteiger partial charge in [0.05, 0.1) is 18.8 Å². The number of aryl methyl sites for hydroxylation is 2. The second kappa shape index (κ2) is 13.7. The molecule has 0 radical (unpaired) electrons. The monoisotopic (exact) mass is 582 g/mol. The van der Waals surface area contributed by atoms with Gasteiger partial charge >= 0.3 is 5.97 Å². The van der Waals surface area contributed by atoms with Crippen LogP contribution in [0.5, 0.6) is 11.5 Å². The number of likely N-dealkylation sites (N-methyl/N-ethyl adjacent to an activating group) is 1. The molecule has 0 aromatic heterocycles. The van der Waals surface area contributed by atoms with E-state index in [-0.39, 0.29) is 5.97 Å². The number of ether oxygens (including phenoxy) is 3. The lowest BCUT2D eigenvalue weighted by Crippen LogP contribution is -2.41. The molecule has 3 heterocycles. The van der Waals surface area contributed by atoms with Crippen LogP contribution in [-0.2, 0) is 22.4 Å². The fourth-order valence-corrected chi connectivity index (χ4v) is 6.35. The quantitative estimate of drug-likeness (QED) is 0.179. The SMILES string of the molecule is CN1CCC2=C(C1)c1c(OC(=O)CCCN3CCOCC3)cc(CCCCCc3ccc(F)c(F)c3)cc1OC2(C)C. The molecule has 0 N–H and O–H groups in total. The topological polar surface area (TPSA) is 51.2 Å². The van der Waals surface area contributed by atoms with E-state index in [1.807, 2.05) is 6.07 Å². The maximum atomic E-state index is 13.5. The highest BCUT2D eigenvalue weighted by atomic mass is 19.2. The largest absolute Gasteiger partial charge is 0.483 e. The summed E-state index contributed by atoms with van der Waals surface area (Å²) in [5, 5.41) is 0. The summed E-state index contributed by atoms with van der Waals surface area (Å²) in [6.07, 6.45) is 6.29. The van der Waals surface area contributed by atoms with Crippen LogP contribution < -0.4 is 9.47 Å². The zero-order valence-electron chi connectivity index (χ0n) is 25.3. The first-order valence-electron chi connectivity index (χ1n) is 15.4. The zero-order valence-corrected chi connectivity index (χ0v) is 25.3. The molecule has 2 aromatic rings. The highest BCUT2D eigenvalue weighted by Crippen LogP contribution is 2.48. The van der Waals surface area contributed by atoms with Gasteiger partial charge in [0.25, 0.3) is 0 Å². The molecule has 1 saturated heterocycles. The van der Waals surface area contributed by atoms with Gasteiger partial charge in [-0.25, -0.2) is 8.78 Å². The Kier molecular flexibility index (Phi) is 9.96. The van der Waals surface area contributed by atoms with Crippen molar-refractivity contribution in [2.24, 2.45) is 0 Å². The number of rotatable bonds is 11. The van der Waals surface area contributed by atoms with Crippen LogP contribution in [-0.4, -0.2) is 74.4 Å². The van der Waals surface area contributed by atoms with Crippen molar-refractivity contribution in [2.45, 2.75) is 70.8 Å². The Morgan fingerprint density at radius 3 is 2.48 bits per heavy atom. The van der Waals surface area contributed by atoms with Gasteiger partial charge in [-0.3, -0.25) is 9.69 Å². The van der Waals surface area contributed by atoms with Crippen molar-refractivity contribution in [3.05, 3.63) is 64.2 Å². The van der Waals surface area contributed by atoms with Crippen LogP contribution in [0, 0.1) is 11.6 Å². The van der Waals surface area contributed by atoms with Crippen LogP contribution in [0.2, 0.25) is 0 Å². The minimum atomic E-state index is -0.812. The molecule has 0 amide bonds. The van der Waals surface area contributed by atoms with Crippen LogP contribution >= 0.6 is 0 Å². The average Bonchev–Trinajstić information content (AvgIpc) is 2.94. The normalized spacial score (nSPS) is 18.8. The number of halogens is 2. The summed E-state index contributed by atoms with van der Waals surface area (Å²) in [6.45, 7) is 10.2. The number of morpholine rings is 1. The minimum absolute atomic E-state index is 0.217. The number of hydrogen-bond donors (Lipinski definition) is 0. The molecule has 5 rings (SSSR count). The Hall–Kier alpha value is -2.81. The number of carbonyl (C=O) groups excluding carboxylic acids is 1. The lowest BCUT2D eigenvalue weighted by molar-refractivity contribution is -0.134. The molecule has 0 spiro atoms. The van der Waals surface area contributed by atoms with Gasteiger partial charge in [0, 0.05) is 32.6 Å². The number of hydrogen-bond acceptors (Lipinski definition) is 6. The maximum Gasteiger partial charge on any atom is 0.311 e. The number of unbranched alkanes of at least 4 members (excludes halogenated alkanes) is 2. The standard InChI is InChI=1S/C34H44F2N2O4/c1-34(2)27-13-15-37(3)23-26(27)33-30(41-32(39)10-7-14-38-16-18-40-19-17-38)21-25(22-31(33)42-34)9-6-4-5-8-24-11-12-28(35)29(36)20-24/h11-12,20-22H,4-10,13-19,23H2,1-3H3. The maximum absolute atomic E-state index is 13.5. The summed E-state index contributed by atoms with van der Waals surface area (Å²) < 4.78 is 44.9. The number of nitrogens with zero attached hydrogens (tertiary/aromatic N) is 2. The van der Waals surface area contributed by atoms with E-state index in [0.29, 0.717) is 18.6 Å². The van der Waals surface area contributed by atoms with Crippen LogP contribution in [0.25, 0.3) is 5.57 Å². The van der Waals surface area contributed by atoms with Crippen LogP contribution in [0.3, 0.4) is 0 Å². The first-order valence-corrected chi connectivity index (χ1v) is 15.4. The van der Waals surface area contributed by atoms with Gasteiger partial charge in [-0.15, -0.1) is 0 Å². The molecular formula is C34H44F2N2O4. The molecule has 0 atom stereocenters. The van der Waals surface area contributed by atoms with E-state index in [2.05, 4.69) is 36.8 Å². The van der Waals surface area contributed by atoms with Gasteiger partial charge < -0.3 is 19.1 Å². The Morgan fingerprint density at radius 2 is 1.71 bits per heavy atom. The fraction of sp³-hybridized carbons (Fsp3) is 0.559. The molecule has 0 aliphatic carbocycles. The summed E-state index contributed by atoms with van der Waals surface area (Å²) in [5.74, 6) is -0.447. The minimum Gasteiger partial charge on any atom is -0.483 e. The van der Waals surface area contributed by atoms with Crippen molar-refractivity contribution in [3.63, 3.8) is 0 Å². The van der Waals surface area contributed by atoms with E-state index < -0.39 is 17.2 Å². The molecule has 42 heavy (non-hydrogen) atoms. The number of carbonyl (C=O) groups is 1. The van der Waals surface area contributed by atoms with Crippen molar-refractivity contribution in [1.29, 1.82) is 0 Å². The van der Waals surface area contributed by atoms with E-state index in [4.69, 9.17) is 14.2 Å². The molecule has 0 unspecified atom stereocenters. The second-order valence-corrected chi connectivity index (χ2v) is 12.4. The summed E-state index contributed by atoms with van der Waals surface area (Å²) in [6, 6.07) is 8.25. The molecule has 1 fully saturated rings. The molecular weight excluding hydrogens is 538 g/mol. The molecule has 8 heteroatoms. The summed E-state index contributed by atoms with van der Waals surface area (Å²) in [5.41, 5.74) is 4.86. The highest BCUT2D eigenvalue weighted by Gasteiger charge is 2.39. The zero-order chi connectivity index (χ0) is 29.7. The molecule has 228 valence electrons. The van der Waals surface area contributed by atoms with Gasteiger partial charge in [-0.2, -0.15) is 0 Å². The van der Waals surface area contributed by atoms with E-state index >= 15 is 0 Å². The van der Waals surface area contributed by atoms with E-state index in [1.54, 1.807) is 6.07 Å². The highest BCUT2D eigenvalue weighted by molar-refractivity contribution is 5.84. The third kappa shape index (κ3) is 7.57. The van der Waals surface area contributed by atoms with Gasteiger partial charge in [0.1, 0.15) is 17.1 Å². The van der Waals surface area contributed by atoms with Crippen LogP contribution in [0.1, 0.15) is 69.1 Å². The Labute approximate surface area is 248 Å². The lowest BCUT2D eigenvalue weighted by Gasteiger charge is -2.42. The summed E-state index contributed by atoms with van der Waals surface area (Å²) in [4.78, 5) is 17.7. The van der Waals surface area contributed by atoms with E-state index in [1.165, 1.54) is 23.3 Å².